The second kappa shape index (κ2) is 6.83. The van der Waals surface area contributed by atoms with Crippen molar-refractivity contribution in [3.8, 4) is 0 Å². The van der Waals surface area contributed by atoms with E-state index in [0.29, 0.717) is 17.7 Å². The standard InChI is InChI=1S/C13H19NO5S/c1-4-19-6-5-14-20(17,18)12-8-11(13(15)16)7-9(2)10(12)3/h7-8,14H,4-6H2,1-3H3,(H,15,16). The van der Waals surface area contributed by atoms with Gasteiger partial charge in [-0.2, -0.15) is 0 Å². The summed E-state index contributed by atoms with van der Waals surface area (Å²) in [5.41, 5.74) is 1.12. The first kappa shape index (κ1) is 16.6. The van der Waals surface area contributed by atoms with E-state index in [9.17, 15) is 13.2 Å². The SMILES string of the molecule is CCOCCNS(=O)(=O)c1cc(C(=O)O)cc(C)c1C. The fraction of sp³-hybridized carbons (Fsp3) is 0.462. The minimum absolute atomic E-state index is 0.00796. The van der Waals surface area contributed by atoms with Crippen molar-refractivity contribution in [3.63, 3.8) is 0 Å². The van der Waals surface area contributed by atoms with Crippen LogP contribution in [0.15, 0.2) is 17.0 Å². The Morgan fingerprint density at radius 2 is 2.00 bits per heavy atom. The largest absolute Gasteiger partial charge is 0.478 e. The zero-order valence-corrected chi connectivity index (χ0v) is 12.6. The number of hydrogen-bond donors (Lipinski definition) is 2. The third-order valence-electron chi connectivity index (χ3n) is 2.90. The van der Waals surface area contributed by atoms with Gasteiger partial charge in [-0.05, 0) is 44.0 Å². The first-order chi connectivity index (χ1) is 9.29. The summed E-state index contributed by atoms with van der Waals surface area (Å²) in [5.74, 6) is -1.15. The fourth-order valence-electron chi connectivity index (χ4n) is 1.70. The maximum Gasteiger partial charge on any atom is 0.335 e. The molecule has 0 unspecified atom stereocenters. The van der Waals surface area contributed by atoms with Crippen molar-refractivity contribution < 1.29 is 23.1 Å². The summed E-state index contributed by atoms with van der Waals surface area (Å²) in [6.07, 6.45) is 0. The van der Waals surface area contributed by atoms with Gasteiger partial charge in [0.25, 0.3) is 0 Å². The van der Waals surface area contributed by atoms with Gasteiger partial charge < -0.3 is 9.84 Å². The summed E-state index contributed by atoms with van der Waals surface area (Å²) in [6, 6.07) is 2.63. The molecule has 0 aliphatic carbocycles. The number of sulfonamides is 1. The molecule has 0 aliphatic rings. The summed E-state index contributed by atoms with van der Waals surface area (Å²) in [7, 11) is -3.74. The molecular weight excluding hydrogens is 282 g/mol. The predicted molar refractivity (Wildman–Crippen MR) is 74.6 cm³/mol. The van der Waals surface area contributed by atoms with Crippen LogP contribution in [0, 0.1) is 13.8 Å². The second-order valence-electron chi connectivity index (χ2n) is 4.32. The molecule has 0 saturated carbocycles. The number of carboxylic acid groups (broad SMARTS) is 1. The Balaban J connectivity index is 3.07. The molecule has 0 amide bonds. The Hall–Kier alpha value is -1.44. The Kier molecular flexibility index (Phi) is 5.67. The van der Waals surface area contributed by atoms with Crippen LogP contribution in [0.25, 0.3) is 0 Å². The van der Waals surface area contributed by atoms with Crippen molar-refractivity contribution in [2.24, 2.45) is 0 Å². The summed E-state index contributed by atoms with van der Waals surface area (Å²) >= 11 is 0. The van der Waals surface area contributed by atoms with E-state index in [2.05, 4.69) is 4.72 Å². The third-order valence-corrected chi connectivity index (χ3v) is 4.49. The van der Waals surface area contributed by atoms with Crippen LogP contribution in [0.2, 0.25) is 0 Å². The summed E-state index contributed by atoms with van der Waals surface area (Å²) in [5, 5.41) is 9.00. The summed E-state index contributed by atoms with van der Waals surface area (Å²) in [4.78, 5) is 11.0. The molecule has 0 bridgehead atoms. The smallest absolute Gasteiger partial charge is 0.335 e. The number of carboxylic acids is 1. The van der Waals surface area contributed by atoms with Gasteiger partial charge in [0.05, 0.1) is 17.1 Å². The third kappa shape index (κ3) is 4.03. The van der Waals surface area contributed by atoms with Crippen LogP contribution in [0.4, 0.5) is 0 Å². The number of aryl methyl sites for hydroxylation is 1. The molecule has 0 aliphatic heterocycles. The minimum atomic E-state index is -3.74. The van der Waals surface area contributed by atoms with E-state index < -0.39 is 16.0 Å². The number of carbonyl (C=O) groups is 1. The van der Waals surface area contributed by atoms with E-state index in [-0.39, 0.29) is 23.6 Å². The second-order valence-corrected chi connectivity index (χ2v) is 6.05. The van der Waals surface area contributed by atoms with E-state index >= 15 is 0 Å². The topological polar surface area (TPSA) is 92.7 Å². The van der Waals surface area contributed by atoms with Crippen LogP contribution >= 0.6 is 0 Å². The molecule has 0 atom stereocenters. The number of hydrogen-bond acceptors (Lipinski definition) is 4. The molecule has 0 fully saturated rings. The summed E-state index contributed by atoms with van der Waals surface area (Å²) < 4.78 is 31.8. The highest BCUT2D eigenvalue weighted by Gasteiger charge is 2.20. The van der Waals surface area contributed by atoms with Crippen LogP contribution in [-0.4, -0.2) is 39.3 Å². The molecule has 0 aromatic heterocycles. The van der Waals surface area contributed by atoms with Gasteiger partial charge in [-0.15, -0.1) is 0 Å². The Morgan fingerprint density at radius 1 is 1.35 bits per heavy atom. The van der Waals surface area contributed by atoms with E-state index in [4.69, 9.17) is 9.84 Å². The van der Waals surface area contributed by atoms with Crippen LogP contribution in [0.3, 0.4) is 0 Å². The van der Waals surface area contributed by atoms with Gasteiger partial charge in [0.2, 0.25) is 10.0 Å². The predicted octanol–water partition coefficient (Wildman–Crippen LogP) is 1.32. The van der Waals surface area contributed by atoms with Crippen LogP contribution in [0.1, 0.15) is 28.4 Å². The van der Waals surface area contributed by atoms with Crippen molar-refractivity contribution in [2.75, 3.05) is 19.8 Å². The van der Waals surface area contributed by atoms with Gasteiger partial charge in [0.1, 0.15) is 0 Å². The number of benzene rings is 1. The van der Waals surface area contributed by atoms with Gasteiger partial charge in [-0.3, -0.25) is 0 Å². The minimum Gasteiger partial charge on any atom is -0.478 e. The van der Waals surface area contributed by atoms with Crippen molar-refractivity contribution in [1.29, 1.82) is 0 Å². The lowest BCUT2D eigenvalue weighted by molar-refractivity contribution is 0.0696. The normalized spacial score (nSPS) is 11.6. The molecule has 1 rings (SSSR count). The van der Waals surface area contributed by atoms with Gasteiger partial charge in [0.15, 0.2) is 0 Å². The van der Waals surface area contributed by atoms with Crippen molar-refractivity contribution in [3.05, 3.63) is 28.8 Å². The van der Waals surface area contributed by atoms with Crippen LogP contribution in [0.5, 0.6) is 0 Å². The van der Waals surface area contributed by atoms with Gasteiger partial charge >= 0.3 is 5.97 Å². The molecule has 20 heavy (non-hydrogen) atoms. The first-order valence-corrected chi connectivity index (χ1v) is 7.70. The monoisotopic (exact) mass is 301 g/mol. The molecule has 2 N–H and O–H groups in total. The van der Waals surface area contributed by atoms with Crippen molar-refractivity contribution in [1.82, 2.24) is 4.72 Å². The van der Waals surface area contributed by atoms with Crippen LogP contribution < -0.4 is 4.72 Å². The molecule has 112 valence electrons. The zero-order valence-electron chi connectivity index (χ0n) is 11.8. The maximum atomic E-state index is 12.2. The average Bonchev–Trinajstić information content (AvgIpc) is 2.37. The number of ether oxygens (including phenoxy) is 1. The molecule has 6 nitrogen and oxygen atoms in total. The van der Waals surface area contributed by atoms with E-state index in [1.54, 1.807) is 13.8 Å². The van der Waals surface area contributed by atoms with E-state index in [1.165, 1.54) is 12.1 Å². The highest BCUT2D eigenvalue weighted by atomic mass is 32.2. The Morgan fingerprint density at radius 3 is 2.55 bits per heavy atom. The Labute approximate surface area is 118 Å². The van der Waals surface area contributed by atoms with Crippen molar-refractivity contribution >= 4 is 16.0 Å². The average molecular weight is 301 g/mol. The molecule has 0 heterocycles. The Bertz CT molecular complexity index is 595. The number of rotatable bonds is 7. The van der Waals surface area contributed by atoms with Gasteiger partial charge in [-0.25, -0.2) is 17.9 Å². The molecule has 0 saturated heterocycles. The van der Waals surface area contributed by atoms with E-state index in [0.717, 1.165) is 0 Å². The molecular formula is C13H19NO5S. The maximum absolute atomic E-state index is 12.2. The first-order valence-electron chi connectivity index (χ1n) is 6.21. The molecule has 0 radical (unpaired) electrons. The zero-order chi connectivity index (χ0) is 15.3. The summed E-state index contributed by atoms with van der Waals surface area (Å²) in [6.45, 7) is 6.07. The highest BCUT2D eigenvalue weighted by molar-refractivity contribution is 7.89. The number of nitrogens with one attached hydrogen (secondary N) is 1. The molecule has 1 aromatic rings. The fourth-order valence-corrected chi connectivity index (χ4v) is 3.05. The lowest BCUT2D eigenvalue weighted by Crippen LogP contribution is -2.28. The highest BCUT2D eigenvalue weighted by Crippen LogP contribution is 2.21. The quantitative estimate of drug-likeness (QED) is 0.741. The van der Waals surface area contributed by atoms with Gasteiger partial charge in [0, 0.05) is 13.2 Å². The number of aromatic carboxylic acids is 1. The molecule has 7 heteroatoms. The molecule has 0 spiro atoms. The van der Waals surface area contributed by atoms with Gasteiger partial charge in [-0.1, -0.05) is 0 Å². The lowest BCUT2D eigenvalue weighted by atomic mass is 10.1. The van der Waals surface area contributed by atoms with E-state index in [1.807, 2.05) is 6.92 Å². The lowest BCUT2D eigenvalue weighted by Gasteiger charge is -2.12. The van der Waals surface area contributed by atoms with Crippen LogP contribution in [-0.2, 0) is 14.8 Å². The molecule has 1 aromatic carbocycles. The van der Waals surface area contributed by atoms with Crippen molar-refractivity contribution in [2.45, 2.75) is 25.7 Å².